The van der Waals surface area contributed by atoms with Crippen LogP contribution in [0.4, 0.5) is 10.1 Å². The van der Waals surface area contributed by atoms with Gasteiger partial charge in [0, 0.05) is 35.1 Å². The van der Waals surface area contributed by atoms with Crippen LogP contribution >= 0.6 is 23.4 Å². The molecule has 1 fully saturated rings. The lowest BCUT2D eigenvalue weighted by Crippen LogP contribution is -2.34. The van der Waals surface area contributed by atoms with Crippen molar-refractivity contribution in [3.63, 3.8) is 0 Å². The quantitative estimate of drug-likeness (QED) is 0.595. The van der Waals surface area contributed by atoms with Gasteiger partial charge in [0.1, 0.15) is 5.82 Å². The van der Waals surface area contributed by atoms with Gasteiger partial charge in [0.2, 0.25) is 5.91 Å². The molecule has 0 aliphatic carbocycles. The van der Waals surface area contributed by atoms with E-state index >= 15 is 0 Å². The highest BCUT2D eigenvalue weighted by Gasteiger charge is 2.17. The largest absolute Gasteiger partial charge is 0.371 e. The van der Waals surface area contributed by atoms with Gasteiger partial charge in [0.25, 0.3) is 0 Å². The molecule has 3 nitrogen and oxygen atoms in total. The molecule has 29 heavy (non-hydrogen) atoms. The van der Waals surface area contributed by atoms with E-state index in [1.165, 1.54) is 36.4 Å². The van der Waals surface area contributed by atoms with E-state index < -0.39 is 0 Å². The van der Waals surface area contributed by atoms with Gasteiger partial charge in [-0.1, -0.05) is 36.7 Å². The molecule has 2 aromatic carbocycles. The van der Waals surface area contributed by atoms with Crippen molar-refractivity contribution in [1.29, 1.82) is 0 Å². The first-order chi connectivity index (χ1) is 13.9. The maximum Gasteiger partial charge on any atom is 0.230 e. The number of nitrogens with one attached hydrogen (secondary N) is 1. The van der Waals surface area contributed by atoms with Crippen molar-refractivity contribution in [2.24, 2.45) is 5.92 Å². The molecule has 1 aliphatic rings. The Morgan fingerprint density at radius 3 is 2.76 bits per heavy atom. The SMILES string of the molecule is C[C@@H]1CCCN(c2ccc([C@H](C)NC(=O)CSCc3c(F)cccc3Cl)cc2)C1. The zero-order valence-electron chi connectivity index (χ0n) is 17.0. The third-order valence-electron chi connectivity index (χ3n) is 5.33. The Bertz CT molecular complexity index is 810. The minimum Gasteiger partial charge on any atom is -0.371 e. The zero-order valence-corrected chi connectivity index (χ0v) is 18.5. The fraction of sp³-hybridized carbons (Fsp3) is 0.435. The van der Waals surface area contributed by atoms with Gasteiger partial charge in [-0.15, -0.1) is 11.8 Å². The Hall–Kier alpha value is -1.72. The average molecular weight is 435 g/mol. The number of halogens is 2. The maximum absolute atomic E-state index is 13.8. The molecule has 2 aromatic rings. The molecule has 1 N–H and O–H groups in total. The number of thioether (sulfide) groups is 1. The molecule has 2 atom stereocenters. The predicted octanol–water partition coefficient (Wildman–Crippen LogP) is 5.83. The van der Waals surface area contributed by atoms with Crippen LogP contribution in [-0.2, 0) is 10.5 Å². The van der Waals surface area contributed by atoms with Crippen LogP contribution in [0.3, 0.4) is 0 Å². The molecular formula is C23H28ClFN2OS. The third kappa shape index (κ3) is 6.13. The van der Waals surface area contributed by atoms with Crippen LogP contribution in [0, 0.1) is 11.7 Å². The number of piperidine rings is 1. The van der Waals surface area contributed by atoms with E-state index in [2.05, 4.69) is 41.4 Å². The molecule has 0 bridgehead atoms. The lowest BCUT2D eigenvalue weighted by molar-refractivity contribution is -0.119. The Balaban J connectivity index is 1.48. The summed E-state index contributed by atoms with van der Waals surface area (Å²) in [7, 11) is 0. The van der Waals surface area contributed by atoms with Crippen molar-refractivity contribution in [2.45, 2.75) is 38.5 Å². The topological polar surface area (TPSA) is 32.3 Å². The highest BCUT2D eigenvalue weighted by molar-refractivity contribution is 7.99. The van der Waals surface area contributed by atoms with Crippen molar-refractivity contribution < 1.29 is 9.18 Å². The van der Waals surface area contributed by atoms with Gasteiger partial charge in [0.15, 0.2) is 0 Å². The number of rotatable bonds is 7. The van der Waals surface area contributed by atoms with Crippen LogP contribution in [0.25, 0.3) is 0 Å². The number of nitrogens with zero attached hydrogens (tertiary/aromatic N) is 1. The third-order valence-corrected chi connectivity index (χ3v) is 6.65. The summed E-state index contributed by atoms with van der Waals surface area (Å²) in [5.41, 5.74) is 2.77. The molecule has 3 rings (SSSR count). The number of carbonyl (C=O) groups is 1. The second kappa shape index (κ2) is 10.4. The predicted molar refractivity (Wildman–Crippen MR) is 121 cm³/mol. The highest BCUT2D eigenvalue weighted by Crippen LogP contribution is 2.26. The van der Waals surface area contributed by atoms with Gasteiger partial charge in [-0.25, -0.2) is 4.39 Å². The summed E-state index contributed by atoms with van der Waals surface area (Å²) in [6.45, 7) is 6.50. The molecule has 1 saturated heterocycles. The van der Waals surface area contributed by atoms with Gasteiger partial charge in [-0.3, -0.25) is 4.79 Å². The number of anilines is 1. The van der Waals surface area contributed by atoms with Crippen molar-refractivity contribution in [1.82, 2.24) is 5.32 Å². The molecule has 1 heterocycles. The van der Waals surface area contributed by atoms with Gasteiger partial charge in [-0.2, -0.15) is 0 Å². The first kappa shape index (κ1) is 22.0. The van der Waals surface area contributed by atoms with E-state index in [0.717, 1.165) is 24.6 Å². The van der Waals surface area contributed by atoms with Crippen LogP contribution in [-0.4, -0.2) is 24.7 Å². The van der Waals surface area contributed by atoms with Crippen LogP contribution < -0.4 is 10.2 Å². The Kier molecular flexibility index (Phi) is 7.84. The van der Waals surface area contributed by atoms with Crippen molar-refractivity contribution in [3.05, 3.63) is 64.4 Å². The highest BCUT2D eigenvalue weighted by atomic mass is 35.5. The van der Waals surface area contributed by atoms with Crippen LogP contribution in [0.1, 0.15) is 43.9 Å². The van der Waals surface area contributed by atoms with Crippen LogP contribution in [0.5, 0.6) is 0 Å². The number of amides is 1. The molecule has 0 spiro atoms. The molecule has 1 aliphatic heterocycles. The number of hydrogen-bond donors (Lipinski definition) is 1. The van der Waals surface area contributed by atoms with E-state index in [1.807, 2.05) is 6.92 Å². The fourth-order valence-electron chi connectivity index (χ4n) is 3.68. The maximum atomic E-state index is 13.8. The Labute approximate surface area is 182 Å². The van der Waals surface area contributed by atoms with E-state index in [0.29, 0.717) is 16.3 Å². The monoisotopic (exact) mass is 434 g/mol. The average Bonchev–Trinajstić information content (AvgIpc) is 2.70. The minimum atomic E-state index is -0.332. The number of hydrogen-bond acceptors (Lipinski definition) is 3. The summed E-state index contributed by atoms with van der Waals surface area (Å²) in [5, 5.41) is 3.42. The standard InChI is InChI=1S/C23H28ClFN2OS/c1-16-5-4-12-27(13-16)19-10-8-18(9-11-19)17(2)26-23(28)15-29-14-20-21(24)6-3-7-22(20)25/h3,6-11,16-17H,4-5,12-15H2,1-2H3,(H,26,28)/t16-,17+/m1/s1. The minimum absolute atomic E-state index is 0.0658. The first-order valence-electron chi connectivity index (χ1n) is 10.1. The van der Waals surface area contributed by atoms with E-state index in [1.54, 1.807) is 12.1 Å². The summed E-state index contributed by atoms with van der Waals surface area (Å²) < 4.78 is 13.8. The zero-order chi connectivity index (χ0) is 20.8. The lowest BCUT2D eigenvalue weighted by atomic mass is 9.99. The summed E-state index contributed by atoms with van der Waals surface area (Å²) in [4.78, 5) is 14.7. The molecule has 0 aromatic heterocycles. The molecular weight excluding hydrogens is 407 g/mol. The molecule has 1 amide bonds. The van der Waals surface area contributed by atoms with Gasteiger partial charge in [-0.05, 0) is 55.5 Å². The van der Waals surface area contributed by atoms with Crippen molar-refractivity contribution >= 4 is 35.0 Å². The second-order valence-corrected chi connectivity index (χ2v) is 9.16. The first-order valence-corrected chi connectivity index (χ1v) is 11.6. The van der Waals surface area contributed by atoms with Gasteiger partial charge in [0.05, 0.1) is 11.8 Å². The number of benzene rings is 2. The van der Waals surface area contributed by atoms with E-state index in [9.17, 15) is 9.18 Å². The molecule has 6 heteroatoms. The van der Waals surface area contributed by atoms with Crippen LogP contribution in [0.2, 0.25) is 5.02 Å². The lowest BCUT2D eigenvalue weighted by Gasteiger charge is -2.33. The number of carbonyl (C=O) groups excluding carboxylic acids is 1. The Morgan fingerprint density at radius 2 is 2.07 bits per heavy atom. The molecule has 0 unspecified atom stereocenters. The summed E-state index contributed by atoms with van der Waals surface area (Å²) in [6, 6.07) is 13.0. The molecule has 0 radical (unpaired) electrons. The van der Waals surface area contributed by atoms with Crippen molar-refractivity contribution in [2.75, 3.05) is 23.7 Å². The van der Waals surface area contributed by atoms with Crippen LogP contribution in [0.15, 0.2) is 42.5 Å². The van der Waals surface area contributed by atoms with E-state index in [-0.39, 0.29) is 23.5 Å². The van der Waals surface area contributed by atoms with Gasteiger partial charge < -0.3 is 10.2 Å². The fourth-order valence-corrected chi connectivity index (χ4v) is 4.86. The molecule has 0 saturated carbocycles. The summed E-state index contributed by atoms with van der Waals surface area (Å²) in [6.07, 6.45) is 2.55. The second-order valence-electron chi connectivity index (χ2n) is 7.77. The smallest absolute Gasteiger partial charge is 0.230 e. The van der Waals surface area contributed by atoms with E-state index in [4.69, 9.17) is 11.6 Å². The van der Waals surface area contributed by atoms with Crippen molar-refractivity contribution in [3.8, 4) is 0 Å². The molecule has 156 valence electrons. The summed E-state index contributed by atoms with van der Waals surface area (Å²) in [5.74, 6) is 0.971. The van der Waals surface area contributed by atoms with Gasteiger partial charge >= 0.3 is 0 Å². The Morgan fingerprint density at radius 1 is 1.31 bits per heavy atom. The summed E-state index contributed by atoms with van der Waals surface area (Å²) >= 11 is 7.39. The normalized spacial score (nSPS) is 17.8.